The van der Waals surface area contributed by atoms with E-state index in [2.05, 4.69) is 31.2 Å². The van der Waals surface area contributed by atoms with Crippen molar-refractivity contribution in [3.8, 4) is 0 Å². The van der Waals surface area contributed by atoms with E-state index in [4.69, 9.17) is 5.73 Å². The van der Waals surface area contributed by atoms with Gasteiger partial charge in [-0.3, -0.25) is 4.68 Å². The van der Waals surface area contributed by atoms with Crippen LogP contribution in [0, 0.1) is 6.92 Å². The molecule has 80 valence electrons. The maximum absolute atomic E-state index is 5.92. The van der Waals surface area contributed by atoms with Crippen LogP contribution in [-0.2, 0) is 7.05 Å². The van der Waals surface area contributed by atoms with Gasteiger partial charge in [-0.1, -0.05) is 6.92 Å². The fourth-order valence-electron chi connectivity index (χ4n) is 1.23. The Morgan fingerprint density at radius 2 is 2.07 bits per heavy atom. The second kappa shape index (κ2) is 3.52. The number of nitrogens with zero attached hydrogens (tertiary/aromatic N) is 2. The normalized spacial score (nSPS) is 11.8. The van der Waals surface area contributed by atoms with Crippen LogP contribution >= 0.6 is 0 Å². The van der Waals surface area contributed by atoms with E-state index in [1.54, 1.807) is 4.68 Å². The van der Waals surface area contributed by atoms with E-state index in [9.17, 15) is 0 Å². The fourth-order valence-corrected chi connectivity index (χ4v) is 1.23. The second-order valence-electron chi connectivity index (χ2n) is 4.33. The Balaban J connectivity index is 2.97. The Hall–Kier alpha value is -1.19. The van der Waals surface area contributed by atoms with Gasteiger partial charge >= 0.3 is 0 Å². The summed E-state index contributed by atoms with van der Waals surface area (Å²) in [6, 6.07) is 0. The van der Waals surface area contributed by atoms with E-state index in [-0.39, 0.29) is 5.54 Å². The highest BCUT2D eigenvalue weighted by Gasteiger charge is 2.19. The number of aryl methyl sites for hydroxylation is 2. The Labute approximate surface area is 85.5 Å². The van der Waals surface area contributed by atoms with Crippen LogP contribution in [0.4, 0.5) is 11.5 Å². The highest BCUT2D eigenvalue weighted by molar-refractivity contribution is 5.65. The predicted octanol–water partition coefficient (Wildman–Crippen LogP) is 1.91. The molecule has 1 aromatic rings. The lowest BCUT2D eigenvalue weighted by Crippen LogP contribution is -2.31. The molecular weight excluding hydrogens is 176 g/mol. The number of nitrogens with two attached hydrogens (primary N) is 1. The molecule has 0 aliphatic carbocycles. The van der Waals surface area contributed by atoms with Crippen molar-refractivity contribution >= 4 is 11.5 Å². The summed E-state index contributed by atoms with van der Waals surface area (Å²) >= 11 is 0. The van der Waals surface area contributed by atoms with Crippen LogP contribution in [0.25, 0.3) is 0 Å². The quantitative estimate of drug-likeness (QED) is 0.776. The lowest BCUT2D eigenvalue weighted by molar-refractivity contribution is 0.539. The van der Waals surface area contributed by atoms with Gasteiger partial charge in [-0.15, -0.1) is 0 Å². The third-order valence-corrected chi connectivity index (χ3v) is 2.61. The molecule has 0 saturated heterocycles. The van der Waals surface area contributed by atoms with E-state index in [0.29, 0.717) is 0 Å². The summed E-state index contributed by atoms with van der Waals surface area (Å²) in [5.41, 5.74) is 7.59. The second-order valence-corrected chi connectivity index (χ2v) is 4.33. The van der Waals surface area contributed by atoms with Crippen molar-refractivity contribution < 1.29 is 0 Å². The van der Waals surface area contributed by atoms with Gasteiger partial charge in [0, 0.05) is 12.6 Å². The predicted molar refractivity (Wildman–Crippen MR) is 60.4 cm³/mol. The molecule has 0 atom stereocenters. The summed E-state index contributed by atoms with van der Waals surface area (Å²) in [6.45, 7) is 8.36. The molecule has 0 amide bonds. The Morgan fingerprint density at radius 3 is 2.43 bits per heavy atom. The van der Waals surface area contributed by atoms with E-state index in [0.717, 1.165) is 23.6 Å². The first kappa shape index (κ1) is 10.9. The van der Waals surface area contributed by atoms with Gasteiger partial charge in [-0.05, 0) is 27.2 Å². The SMILES string of the molecule is CCC(C)(C)Nc1c(N)c(C)nn1C. The number of anilines is 2. The molecule has 1 aromatic heterocycles. The van der Waals surface area contributed by atoms with Crippen molar-refractivity contribution in [3.05, 3.63) is 5.69 Å². The third-order valence-electron chi connectivity index (χ3n) is 2.61. The zero-order chi connectivity index (χ0) is 10.9. The van der Waals surface area contributed by atoms with Crippen molar-refractivity contribution in [2.24, 2.45) is 7.05 Å². The van der Waals surface area contributed by atoms with Crippen molar-refractivity contribution in [1.82, 2.24) is 9.78 Å². The molecule has 0 spiro atoms. The van der Waals surface area contributed by atoms with Gasteiger partial charge in [0.25, 0.3) is 0 Å². The third kappa shape index (κ3) is 2.00. The maximum Gasteiger partial charge on any atom is 0.148 e. The Kier molecular flexibility index (Phi) is 2.73. The summed E-state index contributed by atoms with van der Waals surface area (Å²) in [5.74, 6) is 0.911. The average Bonchev–Trinajstić information content (AvgIpc) is 2.32. The van der Waals surface area contributed by atoms with E-state index >= 15 is 0 Å². The lowest BCUT2D eigenvalue weighted by Gasteiger charge is -2.26. The summed E-state index contributed by atoms with van der Waals surface area (Å²) in [6.07, 6.45) is 1.04. The van der Waals surface area contributed by atoms with E-state index in [1.807, 2.05) is 14.0 Å². The van der Waals surface area contributed by atoms with Crippen LogP contribution in [0.15, 0.2) is 0 Å². The molecule has 0 fully saturated rings. The highest BCUT2D eigenvalue weighted by atomic mass is 15.3. The monoisotopic (exact) mass is 196 g/mol. The number of aromatic nitrogens is 2. The molecule has 0 aliphatic heterocycles. The van der Waals surface area contributed by atoms with Crippen LogP contribution in [0.2, 0.25) is 0 Å². The molecule has 14 heavy (non-hydrogen) atoms. The minimum absolute atomic E-state index is 0.0500. The largest absolute Gasteiger partial charge is 0.394 e. The first-order valence-corrected chi connectivity index (χ1v) is 4.94. The fraction of sp³-hybridized carbons (Fsp3) is 0.700. The van der Waals surface area contributed by atoms with Crippen LogP contribution < -0.4 is 11.1 Å². The van der Waals surface area contributed by atoms with Crippen LogP contribution in [0.3, 0.4) is 0 Å². The van der Waals surface area contributed by atoms with Crippen molar-refractivity contribution in [1.29, 1.82) is 0 Å². The van der Waals surface area contributed by atoms with Gasteiger partial charge in [0.15, 0.2) is 0 Å². The van der Waals surface area contributed by atoms with Crippen molar-refractivity contribution in [2.75, 3.05) is 11.1 Å². The number of hydrogen-bond donors (Lipinski definition) is 2. The zero-order valence-corrected chi connectivity index (χ0v) is 9.68. The number of nitrogens with one attached hydrogen (secondary N) is 1. The number of hydrogen-bond acceptors (Lipinski definition) is 3. The molecule has 1 heterocycles. The molecule has 0 saturated carbocycles. The van der Waals surface area contributed by atoms with Gasteiger partial charge < -0.3 is 11.1 Å². The van der Waals surface area contributed by atoms with Crippen LogP contribution in [-0.4, -0.2) is 15.3 Å². The highest BCUT2D eigenvalue weighted by Crippen LogP contribution is 2.25. The van der Waals surface area contributed by atoms with Crippen molar-refractivity contribution in [3.63, 3.8) is 0 Å². The Morgan fingerprint density at radius 1 is 1.50 bits per heavy atom. The number of nitrogen functional groups attached to an aromatic ring is 1. The smallest absolute Gasteiger partial charge is 0.148 e. The number of rotatable bonds is 3. The zero-order valence-electron chi connectivity index (χ0n) is 9.68. The van der Waals surface area contributed by atoms with E-state index in [1.165, 1.54) is 0 Å². The average molecular weight is 196 g/mol. The molecule has 0 bridgehead atoms. The summed E-state index contributed by atoms with van der Waals surface area (Å²) in [4.78, 5) is 0. The van der Waals surface area contributed by atoms with Gasteiger partial charge in [-0.25, -0.2) is 0 Å². The molecule has 0 unspecified atom stereocenters. The summed E-state index contributed by atoms with van der Waals surface area (Å²) < 4.78 is 1.79. The minimum atomic E-state index is 0.0500. The van der Waals surface area contributed by atoms with Gasteiger partial charge in [-0.2, -0.15) is 5.10 Å². The molecule has 0 aromatic carbocycles. The molecule has 4 nitrogen and oxygen atoms in total. The summed E-state index contributed by atoms with van der Waals surface area (Å²) in [5, 5.41) is 7.66. The maximum atomic E-state index is 5.92. The molecular formula is C10H20N4. The summed E-state index contributed by atoms with van der Waals surface area (Å²) in [7, 11) is 1.90. The Bertz CT molecular complexity index is 325. The van der Waals surface area contributed by atoms with Crippen LogP contribution in [0.5, 0.6) is 0 Å². The van der Waals surface area contributed by atoms with Gasteiger partial charge in [0.1, 0.15) is 5.82 Å². The van der Waals surface area contributed by atoms with Crippen LogP contribution in [0.1, 0.15) is 32.9 Å². The molecule has 1 rings (SSSR count). The van der Waals surface area contributed by atoms with Crippen molar-refractivity contribution in [2.45, 2.75) is 39.7 Å². The van der Waals surface area contributed by atoms with E-state index < -0.39 is 0 Å². The van der Waals surface area contributed by atoms with Gasteiger partial charge in [0.05, 0.1) is 11.4 Å². The topological polar surface area (TPSA) is 55.9 Å². The molecule has 3 N–H and O–H groups in total. The first-order valence-electron chi connectivity index (χ1n) is 4.94. The molecule has 0 radical (unpaired) electrons. The minimum Gasteiger partial charge on any atom is -0.394 e. The standard InChI is InChI=1S/C10H20N4/c1-6-10(3,4)12-9-8(11)7(2)13-14(9)5/h12H,6,11H2,1-5H3. The van der Waals surface area contributed by atoms with Gasteiger partial charge in [0.2, 0.25) is 0 Å². The first-order chi connectivity index (χ1) is 6.37. The molecule has 0 aliphatic rings. The molecule has 4 heteroatoms. The lowest BCUT2D eigenvalue weighted by atomic mass is 10.0.